The Hall–Kier alpha value is -2.77. The molecule has 0 saturated heterocycles. The number of furan rings is 1. The molecule has 0 spiro atoms. The smallest absolute Gasteiger partial charge is 0.233 e. The topological polar surface area (TPSA) is 64.2 Å². The van der Waals surface area contributed by atoms with Gasteiger partial charge in [0.1, 0.15) is 0 Å². The largest absolute Gasteiger partial charge is 0.461 e. The number of benzene rings is 1. The Morgan fingerprint density at radius 3 is 2.69 bits per heavy atom. The zero-order chi connectivity index (χ0) is 20.8. The molecule has 3 rings (SSSR count). The first-order chi connectivity index (χ1) is 14.0. The lowest BCUT2D eigenvalue weighted by molar-refractivity contribution is -0.127. The van der Waals surface area contributed by atoms with Crippen molar-refractivity contribution in [1.82, 2.24) is 19.7 Å². The first-order valence-corrected chi connectivity index (χ1v) is 10.3. The van der Waals surface area contributed by atoms with Gasteiger partial charge < -0.3 is 9.32 Å². The first-order valence-electron chi connectivity index (χ1n) is 8.93. The van der Waals surface area contributed by atoms with E-state index >= 15 is 0 Å². The Bertz CT molecular complexity index is 1000. The summed E-state index contributed by atoms with van der Waals surface area (Å²) in [7, 11) is 0. The van der Waals surface area contributed by atoms with Gasteiger partial charge in [-0.1, -0.05) is 41.6 Å². The first kappa shape index (κ1) is 21.0. The van der Waals surface area contributed by atoms with E-state index in [4.69, 9.17) is 16.0 Å². The van der Waals surface area contributed by atoms with Crippen LogP contribution in [0.2, 0.25) is 5.02 Å². The van der Waals surface area contributed by atoms with Gasteiger partial charge >= 0.3 is 0 Å². The van der Waals surface area contributed by atoms with Crippen LogP contribution < -0.4 is 0 Å². The average molecular weight is 429 g/mol. The molecule has 0 fully saturated rings. The molecule has 6 nitrogen and oxygen atoms in total. The number of aryl methyl sites for hydroxylation is 1. The van der Waals surface area contributed by atoms with Crippen LogP contribution >= 0.6 is 23.4 Å². The summed E-state index contributed by atoms with van der Waals surface area (Å²) in [5.74, 6) is 1.29. The molecule has 8 heteroatoms. The molecule has 3 aromatic rings. The quantitative estimate of drug-likeness (QED) is 0.362. The van der Waals surface area contributed by atoms with Crippen LogP contribution in [0.3, 0.4) is 0 Å². The van der Waals surface area contributed by atoms with Gasteiger partial charge in [0, 0.05) is 18.1 Å². The molecule has 2 aromatic heterocycles. The van der Waals surface area contributed by atoms with Crippen molar-refractivity contribution in [3.63, 3.8) is 0 Å². The number of halogens is 1. The van der Waals surface area contributed by atoms with Gasteiger partial charge in [0.2, 0.25) is 11.7 Å². The molecule has 2 heterocycles. The third kappa shape index (κ3) is 4.81. The number of hydrogen-bond acceptors (Lipinski definition) is 5. The van der Waals surface area contributed by atoms with Gasteiger partial charge in [-0.15, -0.1) is 23.4 Å². The van der Waals surface area contributed by atoms with Crippen LogP contribution in [0.15, 0.2) is 71.5 Å². The van der Waals surface area contributed by atoms with Crippen molar-refractivity contribution >= 4 is 29.3 Å². The number of carbonyl (C=O) groups is 1. The summed E-state index contributed by atoms with van der Waals surface area (Å²) >= 11 is 7.55. The number of thioether (sulfide) groups is 1. The van der Waals surface area contributed by atoms with Crippen LogP contribution in [0, 0.1) is 6.92 Å². The van der Waals surface area contributed by atoms with Crippen molar-refractivity contribution < 1.29 is 9.21 Å². The van der Waals surface area contributed by atoms with Crippen molar-refractivity contribution in [2.24, 2.45) is 0 Å². The van der Waals surface area contributed by atoms with Crippen molar-refractivity contribution in [1.29, 1.82) is 0 Å². The van der Waals surface area contributed by atoms with Crippen molar-refractivity contribution in [2.75, 3.05) is 18.8 Å². The lowest BCUT2D eigenvalue weighted by atomic mass is 10.2. The fraction of sp³-hybridized carbons (Fsp3) is 0.190. The van der Waals surface area contributed by atoms with E-state index in [0.29, 0.717) is 34.9 Å². The minimum Gasteiger partial charge on any atom is -0.461 e. The summed E-state index contributed by atoms with van der Waals surface area (Å²) in [6, 6.07) is 9.21. The second-order valence-corrected chi connectivity index (χ2v) is 7.59. The molecule has 29 heavy (non-hydrogen) atoms. The maximum absolute atomic E-state index is 12.6. The molecule has 0 aliphatic rings. The highest BCUT2D eigenvalue weighted by atomic mass is 35.5. The van der Waals surface area contributed by atoms with Crippen LogP contribution in [-0.4, -0.2) is 44.4 Å². The lowest BCUT2D eigenvalue weighted by Gasteiger charge is -2.19. The summed E-state index contributed by atoms with van der Waals surface area (Å²) < 4.78 is 7.39. The van der Waals surface area contributed by atoms with E-state index in [2.05, 4.69) is 23.4 Å². The summed E-state index contributed by atoms with van der Waals surface area (Å²) in [5, 5.41) is 9.78. The number of nitrogens with zero attached hydrogens (tertiary/aromatic N) is 4. The Labute approximate surface area is 178 Å². The third-order valence-corrected chi connectivity index (χ3v) is 5.31. The van der Waals surface area contributed by atoms with E-state index in [1.165, 1.54) is 11.8 Å². The van der Waals surface area contributed by atoms with Crippen molar-refractivity contribution in [3.05, 3.63) is 72.5 Å². The maximum atomic E-state index is 12.6. The van der Waals surface area contributed by atoms with E-state index in [1.807, 2.05) is 35.8 Å². The van der Waals surface area contributed by atoms with Crippen molar-refractivity contribution in [2.45, 2.75) is 12.1 Å². The number of carbonyl (C=O) groups excluding carboxylic acids is 1. The zero-order valence-corrected chi connectivity index (χ0v) is 17.6. The number of amides is 1. The van der Waals surface area contributed by atoms with E-state index in [0.717, 1.165) is 11.3 Å². The molecule has 0 atom stereocenters. The van der Waals surface area contributed by atoms with E-state index in [1.54, 1.807) is 29.4 Å². The molecule has 1 amide bonds. The predicted molar refractivity (Wildman–Crippen MR) is 117 cm³/mol. The lowest BCUT2D eigenvalue weighted by Crippen LogP contribution is -2.32. The molecule has 0 aliphatic carbocycles. The number of aromatic nitrogens is 3. The minimum atomic E-state index is -0.0354. The summed E-state index contributed by atoms with van der Waals surface area (Å²) in [4.78, 5) is 14.3. The Balaban J connectivity index is 1.95. The Kier molecular flexibility index (Phi) is 6.95. The molecule has 1 aromatic carbocycles. The van der Waals surface area contributed by atoms with Crippen LogP contribution in [-0.2, 0) is 4.79 Å². The van der Waals surface area contributed by atoms with Crippen LogP contribution in [0.4, 0.5) is 0 Å². The standard InChI is InChI=1S/C21H21ClN4O2S/c1-4-10-25(11-5-2)19(27)14-29-21-24-23-20(18-7-6-12-28-18)26(21)17-13-16(22)9-8-15(17)3/h4-9,12-13H,1-2,10-11,14H2,3H3. The summed E-state index contributed by atoms with van der Waals surface area (Å²) in [6.07, 6.45) is 4.97. The molecular weight excluding hydrogens is 408 g/mol. The second-order valence-electron chi connectivity index (χ2n) is 6.21. The summed E-state index contributed by atoms with van der Waals surface area (Å²) in [6.45, 7) is 10.3. The monoisotopic (exact) mass is 428 g/mol. The van der Waals surface area contributed by atoms with Gasteiger partial charge in [0.05, 0.1) is 17.7 Å². The third-order valence-electron chi connectivity index (χ3n) is 4.16. The molecule has 150 valence electrons. The molecule has 0 aliphatic heterocycles. The fourth-order valence-electron chi connectivity index (χ4n) is 2.78. The Morgan fingerprint density at radius 2 is 2.03 bits per heavy atom. The molecule has 0 radical (unpaired) electrons. The molecular formula is C21H21ClN4O2S. The Morgan fingerprint density at radius 1 is 1.28 bits per heavy atom. The molecule has 0 saturated carbocycles. The predicted octanol–water partition coefficient (Wildman–Crippen LogP) is 4.78. The van der Waals surface area contributed by atoms with Gasteiger partial charge in [-0.2, -0.15) is 0 Å². The zero-order valence-electron chi connectivity index (χ0n) is 16.0. The van der Waals surface area contributed by atoms with Crippen LogP contribution in [0.1, 0.15) is 5.56 Å². The van der Waals surface area contributed by atoms with E-state index in [-0.39, 0.29) is 11.7 Å². The normalized spacial score (nSPS) is 10.7. The minimum absolute atomic E-state index is 0.0354. The molecule has 0 bridgehead atoms. The van der Waals surface area contributed by atoms with Gasteiger partial charge in [0.15, 0.2) is 10.9 Å². The highest BCUT2D eigenvalue weighted by molar-refractivity contribution is 7.99. The maximum Gasteiger partial charge on any atom is 0.233 e. The highest BCUT2D eigenvalue weighted by Crippen LogP contribution is 2.31. The van der Waals surface area contributed by atoms with Crippen LogP contribution in [0.5, 0.6) is 0 Å². The molecule has 0 unspecified atom stereocenters. The van der Waals surface area contributed by atoms with Crippen molar-refractivity contribution in [3.8, 4) is 17.3 Å². The second kappa shape index (κ2) is 9.62. The number of rotatable bonds is 9. The fourth-order valence-corrected chi connectivity index (χ4v) is 3.79. The van der Waals surface area contributed by atoms with Crippen LogP contribution in [0.25, 0.3) is 17.3 Å². The van der Waals surface area contributed by atoms with E-state index in [9.17, 15) is 4.79 Å². The molecule has 0 N–H and O–H groups in total. The van der Waals surface area contributed by atoms with Gasteiger partial charge in [-0.25, -0.2) is 0 Å². The number of hydrogen-bond donors (Lipinski definition) is 0. The summed E-state index contributed by atoms with van der Waals surface area (Å²) in [5.41, 5.74) is 1.83. The highest BCUT2D eigenvalue weighted by Gasteiger charge is 2.21. The van der Waals surface area contributed by atoms with Gasteiger partial charge in [0.25, 0.3) is 0 Å². The van der Waals surface area contributed by atoms with Gasteiger partial charge in [-0.05, 0) is 36.8 Å². The van der Waals surface area contributed by atoms with Gasteiger partial charge in [-0.3, -0.25) is 9.36 Å². The average Bonchev–Trinajstić information content (AvgIpc) is 3.37. The SMILES string of the molecule is C=CCN(CC=C)C(=O)CSc1nnc(-c2ccco2)n1-c1cc(Cl)ccc1C. The van der Waals surface area contributed by atoms with E-state index < -0.39 is 0 Å².